The van der Waals surface area contributed by atoms with Crippen molar-refractivity contribution in [2.24, 2.45) is 11.3 Å². The molecule has 0 aliphatic carbocycles. The highest BCUT2D eigenvalue weighted by atomic mass is 35.5. The molecule has 2 rings (SSSR count). The van der Waals surface area contributed by atoms with Crippen LogP contribution in [0.2, 0.25) is 5.28 Å². The summed E-state index contributed by atoms with van der Waals surface area (Å²) in [5.74, 6) is 1.65. The summed E-state index contributed by atoms with van der Waals surface area (Å²) in [6.45, 7) is 11.6. The molecular formula is C16H26ClN3O2S. The van der Waals surface area contributed by atoms with E-state index in [0.29, 0.717) is 30.7 Å². The maximum absolute atomic E-state index is 12.7. The molecule has 2 atom stereocenters. The Balaban J connectivity index is 2.22. The Kier molecular flexibility index (Phi) is 5.69. The van der Waals surface area contributed by atoms with E-state index < -0.39 is 10.8 Å². The molecule has 0 bridgehead atoms. The van der Waals surface area contributed by atoms with Crippen LogP contribution in [-0.4, -0.2) is 43.9 Å². The number of nitrogens with one attached hydrogen (secondary N) is 1. The first-order valence-corrected chi connectivity index (χ1v) is 9.55. The second-order valence-electron chi connectivity index (χ2n) is 7.53. The van der Waals surface area contributed by atoms with Crippen LogP contribution in [0.3, 0.4) is 0 Å². The maximum atomic E-state index is 12.7. The quantitative estimate of drug-likeness (QED) is 0.790. The first-order chi connectivity index (χ1) is 10.6. The predicted octanol–water partition coefficient (Wildman–Crippen LogP) is 3.13. The molecule has 130 valence electrons. The van der Waals surface area contributed by atoms with Crippen LogP contribution in [0.25, 0.3) is 0 Å². The van der Waals surface area contributed by atoms with Gasteiger partial charge < -0.3 is 10.1 Å². The van der Waals surface area contributed by atoms with Crippen LogP contribution in [-0.2, 0) is 15.5 Å². The Morgan fingerprint density at radius 3 is 2.52 bits per heavy atom. The highest BCUT2D eigenvalue weighted by Crippen LogP contribution is 2.39. The summed E-state index contributed by atoms with van der Waals surface area (Å²) in [7, 11) is -0.934. The average molecular weight is 360 g/mol. The van der Waals surface area contributed by atoms with E-state index in [9.17, 15) is 4.21 Å². The van der Waals surface area contributed by atoms with Gasteiger partial charge in [-0.1, -0.05) is 13.8 Å². The lowest BCUT2D eigenvalue weighted by Gasteiger charge is -2.49. The number of aromatic nitrogens is 2. The molecule has 1 fully saturated rings. The lowest BCUT2D eigenvalue weighted by molar-refractivity contribution is -0.114. The minimum Gasteiger partial charge on any atom is -0.380 e. The summed E-state index contributed by atoms with van der Waals surface area (Å²) in [4.78, 5) is 8.13. The summed E-state index contributed by atoms with van der Waals surface area (Å²) >= 11 is 5.88. The van der Waals surface area contributed by atoms with Gasteiger partial charge in [-0.3, -0.25) is 4.21 Å². The monoisotopic (exact) mass is 359 g/mol. The summed E-state index contributed by atoms with van der Waals surface area (Å²) in [6, 6.07) is 1.91. The van der Waals surface area contributed by atoms with Crippen molar-refractivity contribution in [2.75, 3.05) is 24.3 Å². The fraction of sp³-hybridized carbons (Fsp3) is 0.750. The summed E-state index contributed by atoms with van der Waals surface area (Å²) < 4.78 is 18.0. The molecule has 0 radical (unpaired) electrons. The third-order valence-electron chi connectivity index (χ3n) is 4.14. The molecular weight excluding hydrogens is 334 g/mol. The van der Waals surface area contributed by atoms with Crippen molar-refractivity contribution in [1.29, 1.82) is 0 Å². The number of anilines is 1. The largest absolute Gasteiger partial charge is 0.380 e. The minimum atomic E-state index is -0.934. The number of hydrogen-bond acceptors (Lipinski definition) is 5. The maximum Gasteiger partial charge on any atom is 0.224 e. The van der Waals surface area contributed by atoms with Gasteiger partial charge in [-0.05, 0) is 44.4 Å². The van der Waals surface area contributed by atoms with Crippen molar-refractivity contribution < 1.29 is 8.95 Å². The number of ether oxygens (including phenoxy) is 1. The number of hydrogen-bond donors (Lipinski definition) is 1. The van der Waals surface area contributed by atoms with Gasteiger partial charge in [0.25, 0.3) is 0 Å². The lowest BCUT2D eigenvalue weighted by atomic mass is 9.75. The lowest BCUT2D eigenvalue weighted by Crippen LogP contribution is -2.60. The normalized spacial score (nSPS) is 20.0. The van der Waals surface area contributed by atoms with Crippen molar-refractivity contribution >= 4 is 28.2 Å². The molecule has 1 unspecified atom stereocenters. The smallest absolute Gasteiger partial charge is 0.224 e. The van der Waals surface area contributed by atoms with E-state index in [2.05, 4.69) is 29.1 Å². The Labute approximate surface area is 146 Å². The Hall–Kier alpha value is -0.720. The van der Waals surface area contributed by atoms with E-state index in [4.69, 9.17) is 16.3 Å². The fourth-order valence-corrected chi connectivity index (χ4v) is 4.24. The van der Waals surface area contributed by atoms with E-state index in [1.165, 1.54) is 0 Å². The van der Waals surface area contributed by atoms with Crippen LogP contribution in [0, 0.1) is 11.3 Å². The highest BCUT2D eigenvalue weighted by molar-refractivity contribution is 7.86. The molecule has 1 N–H and O–H groups in total. The van der Waals surface area contributed by atoms with Crippen LogP contribution in [0.1, 0.15) is 34.6 Å². The van der Waals surface area contributed by atoms with Gasteiger partial charge in [0.15, 0.2) is 0 Å². The molecule has 0 spiro atoms. The van der Waals surface area contributed by atoms with E-state index in [1.807, 2.05) is 20.8 Å². The second kappa shape index (κ2) is 7.03. The van der Waals surface area contributed by atoms with Crippen LogP contribution in [0.4, 0.5) is 5.82 Å². The van der Waals surface area contributed by atoms with Crippen molar-refractivity contribution in [1.82, 2.24) is 9.97 Å². The topological polar surface area (TPSA) is 64.1 Å². The summed E-state index contributed by atoms with van der Waals surface area (Å²) in [5, 5.41) is 3.69. The molecule has 1 aromatic heterocycles. The number of halogens is 1. The van der Waals surface area contributed by atoms with Crippen molar-refractivity contribution in [2.45, 2.75) is 45.4 Å². The van der Waals surface area contributed by atoms with Gasteiger partial charge in [-0.2, -0.15) is 0 Å². The molecule has 1 aliphatic rings. The van der Waals surface area contributed by atoms with E-state index in [1.54, 1.807) is 12.3 Å². The molecule has 5 nitrogen and oxygen atoms in total. The zero-order chi connectivity index (χ0) is 17.3. The molecule has 23 heavy (non-hydrogen) atoms. The Morgan fingerprint density at radius 1 is 1.43 bits per heavy atom. The van der Waals surface area contributed by atoms with Gasteiger partial charge in [0.05, 0.1) is 13.2 Å². The summed E-state index contributed by atoms with van der Waals surface area (Å²) in [5.41, 5.74) is -0.149. The van der Waals surface area contributed by atoms with Crippen LogP contribution >= 0.6 is 11.6 Å². The van der Waals surface area contributed by atoms with Gasteiger partial charge in [-0.15, -0.1) is 0 Å². The van der Waals surface area contributed by atoms with Gasteiger partial charge in [0.1, 0.15) is 5.82 Å². The molecule has 0 aromatic carbocycles. The van der Waals surface area contributed by atoms with Gasteiger partial charge in [0.2, 0.25) is 5.28 Å². The van der Waals surface area contributed by atoms with E-state index in [-0.39, 0.29) is 21.5 Å². The Morgan fingerprint density at radius 2 is 2.09 bits per heavy atom. The first kappa shape index (κ1) is 18.6. The third-order valence-corrected chi connectivity index (χ3v) is 6.52. The highest BCUT2D eigenvalue weighted by Gasteiger charge is 2.49. The SMILES string of the molecule is CC(C)C(Nc1ccnc(Cl)n1)C1(C[S@@](=O)C(C)(C)C)COC1. The molecule has 1 aliphatic heterocycles. The molecule has 2 heterocycles. The van der Waals surface area contributed by atoms with Crippen LogP contribution in [0.15, 0.2) is 12.3 Å². The van der Waals surface area contributed by atoms with Crippen molar-refractivity contribution in [3.8, 4) is 0 Å². The van der Waals surface area contributed by atoms with E-state index in [0.717, 1.165) is 0 Å². The van der Waals surface area contributed by atoms with E-state index >= 15 is 0 Å². The van der Waals surface area contributed by atoms with Gasteiger partial charge >= 0.3 is 0 Å². The molecule has 0 saturated carbocycles. The zero-order valence-electron chi connectivity index (χ0n) is 14.4. The second-order valence-corrected chi connectivity index (χ2v) is 10.1. The average Bonchev–Trinajstić information content (AvgIpc) is 2.39. The molecule has 0 amide bonds. The predicted molar refractivity (Wildman–Crippen MR) is 95.3 cm³/mol. The van der Waals surface area contributed by atoms with Crippen molar-refractivity contribution in [3.63, 3.8) is 0 Å². The number of nitrogens with zero attached hydrogens (tertiary/aromatic N) is 2. The fourth-order valence-electron chi connectivity index (χ4n) is 2.80. The van der Waals surface area contributed by atoms with Crippen molar-refractivity contribution in [3.05, 3.63) is 17.5 Å². The molecule has 1 saturated heterocycles. The number of rotatable bonds is 6. The summed E-state index contributed by atoms with van der Waals surface area (Å²) in [6.07, 6.45) is 1.63. The molecule has 7 heteroatoms. The first-order valence-electron chi connectivity index (χ1n) is 7.85. The van der Waals surface area contributed by atoms with Crippen LogP contribution < -0.4 is 5.32 Å². The van der Waals surface area contributed by atoms with Gasteiger partial charge in [0, 0.05) is 39.0 Å². The minimum absolute atomic E-state index is 0.105. The van der Waals surface area contributed by atoms with Crippen LogP contribution in [0.5, 0.6) is 0 Å². The Bertz CT molecular complexity index is 571. The van der Waals surface area contributed by atoms with Gasteiger partial charge in [-0.25, -0.2) is 9.97 Å². The third kappa shape index (κ3) is 4.43. The standard InChI is InChI=1S/C16H26ClN3O2S/c1-11(2)13(19-12-6-7-18-14(17)20-12)16(8-22-9-16)10-23(21)15(3,4)5/h6-7,11,13H,8-10H2,1-5H3,(H,18,19,20)/t13?,23-/m1/s1. The zero-order valence-corrected chi connectivity index (χ0v) is 16.0. The molecule has 1 aromatic rings.